The third kappa shape index (κ3) is 5.97. The number of halogens is 2. The summed E-state index contributed by atoms with van der Waals surface area (Å²) in [6.45, 7) is 1.91. The van der Waals surface area contributed by atoms with Crippen LogP contribution in [0.1, 0.15) is 29.5 Å². The fourth-order valence-corrected chi connectivity index (χ4v) is 4.00. The van der Waals surface area contributed by atoms with Gasteiger partial charge in [-0.05, 0) is 35.2 Å². The van der Waals surface area contributed by atoms with Gasteiger partial charge in [0.25, 0.3) is 0 Å². The predicted molar refractivity (Wildman–Crippen MR) is 111 cm³/mol. The molecule has 0 spiro atoms. The zero-order valence-electron chi connectivity index (χ0n) is 15.4. The Labute approximate surface area is 173 Å². The Balaban J connectivity index is 1.38. The molecular formula is C21H22ClFN2O2S. The van der Waals surface area contributed by atoms with Crippen LogP contribution in [-0.2, 0) is 28.4 Å². The molecule has 7 heteroatoms. The number of carbonyl (C=O) groups excluding carboxylic acids is 2. The lowest BCUT2D eigenvalue weighted by Gasteiger charge is -2.15. The molecule has 1 N–H and O–H groups in total. The summed E-state index contributed by atoms with van der Waals surface area (Å²) in [6.07, 6.45) is 1.58. The Kier molecular flexibility index (Phi) is 7.34. The summed E-state index contributed by atoms with van der Waals surface area (Å²) >= 11 is 7.09. The topological polar surface area (TPSA) is 49.4 Å². The van der Waals surface area contributed by atoms with E-state index in [1.54, 1.807) is 12.1 Å². The van der Waals surface area contributed by atoms with Gasteiger partial charge in [-0.15, -0.1) is 11.8 Å². The normalized spacial score (nSPS) is 13.8. The first-order valence-electron chi connectivity index (χ1n) is 9.15. The molecule has 1 fully saturated rings. The van der Waals surface area contributed by atoms with Crippen LogP contribution in [0.2, 0.25) is 5.02 Å². The number of benzene rings is 2. The highest BCUT2D eigenvalue weighted by Gasteiger charge is 2.19. The van der Waals surface area contributed by atoms with Crippen molar-refractivity contribution in [2.75, 3.05) is 12.3 Å². The summed E-state index contributed by atoms with van der Waals surface area (Å²) < 4.78 is 13.7. The van der Waals surface area contributed by atoms with Gasteiger partial charge in [0.05, 0.1) is 5.75 Å². The molecule has 1 saturated heterocycles. The number of amides is 2. The number of rotatable bonds is 8. The maximum Gasteiger partial charge on any atom is 0.230 e. The van der Waals surface area contributed by atoms with Gasteiger partial charge in [-0.3, -0.25) is 9.59 Å². The van der Waals surface area contributed by atoms with Crippen LogP contribution in [0.5, 0.6) is 0 Å². The molecule has 1 aliphatic rings. The standard InChI is InChI=1S/C21H22ClFN2O2S/c22-18-8-7-17(19(23)10-18)13-28-14-20(26)24-11-15-3-5-16(6-4-15)12-25-9-1-2-21(25)27/h3-8,10H,1-2,9,11-14H2,(H,24,26). The van der Waals surface area contributed by atoms with Crippen LogP contribution in [0.25, 0.3) is 0 Å². The number of hydrogen-bond donors (Lipinski definition) is 1. The van der Waals surface area contributed by atoms with E-state index in [0.29, 0.717) is 35.8 Å². The highest BCUT2D eigenvalue weighted by molar-refractivity contribution is 7.99. The lowest BCUT2D eigenvalue weighted by atomic mass is 10.1. The lowest BCUT2D eigenvalue weighted by molar-refractivity contribution is -0.128. The van der Waals surface area contributed by atoms with Crippen molar-refractivity contribution in [1.29, 1.82) is 0 Å². The van der Waals surface area contributed by atoms with Crippen molar-refractivity contribution in [3.8, 4) is 0 Å². The first-order chi connectivity index (χ1) is 13.5. The van der Waals surface area contributed by atoms with E-state index in [-0.39, 0.29) is 23.4 Å². The molecule has 0 atom stereocenters. The first-order valence-corrected chi connectivity index (χ1v) is 10.7. The molecule has 0 aromatic heterocycles. The number of likely N-dealkylation sites (tertiary alicyclic amines) is 1. The van der Waals surface area contributed by atoms with Crippen LogP contribution in [0.4, 0.5) is 4.39 Å². The van der Waals surface area contributed by atoms with Gasteiger partial charge < -0.3 is 10.2 Å². The number of nitrogens with one attached hydrogen (secondary N) is 1. The molecule has 2 aromatic rings. The number of hydrogen-bond acceptors (Lipinski definition) is 3. The van der Waals surface area contributed by atoms with E-state index in [1.165, 1.54) is 17.8 Å². The van der Waals surface area contributed by atoms with Gasteiger partial charge in [0.15, 0.2) is 0 Å². The number of thioether (sulfide) groups is 1. The molecule has 3 rings (SSSR count). The van der Waals surface area contributed by atoms with Crippen molar-refractivity contribution in [2.45, 2.75) is 31.7 Å². The highest BCUT2D eigenvalue weighted by Crippen LogP contribution is 2.19. The second-order valence-electron chi connectivity index (χ2n) is 6.74. The van der Waals surface area contributed by atoms with Gasteiger partial charge >= 0.3 is 0 Å². The Bertz CT molecular complexity index is 845. The van der Waals surface area contributed by atoms with Crippen molar-refractivity contribution in [3.05, 3.63) is 70.0 Å². The van der Waals surface area contributed by atoms with Gasteiger partial charge in [0.1, 0.15) is 5.82 Å². The summed E-state index contributed by atoms with van der Waals surface area (Å²) in [5, 5.41) is 3.23. The van der Waals surface area contributed by atoms with Crippen molar-refractivity contribution in [1.82, 2.24) is 10.2 Å². The monoisotopic (exact) mass is 420 g/mol. The molecule has 2 aromatic carbocycles. The van der Waals surface area contributed by atoms with Crippen LogP contribution in [-0.4, -0.2) is 29.0 Å². The van der Waals surface area contributed by atoms with E-state index < -0.39 is 0 Å². The maximum atomic E-state index is 13.7. The van der Waals surface area contributed by atoms with Crippen LogP contribution < -0.4 is 5.32 Å². The molecule has 148 valence electrons. The number of carbonyl (C=O) groups is 2. The Morgan fingerprint density at radius 3 is 2.61 bits per heavy atom. The zero-order valence-corrected chi connectivity index (χ0v) is 17.0. The van der Waals surface area contributed by atoms with Gasteiger partial charge in [-0.1, -0.05) is 41.9 Å². The van der Waals surface area contributed by atoms with Crippen LogP contribution in [0, 0.1) is 5.82 Å². The fourth-order valence-electron chi connectivity index (χ4n) is 3.00. The third-order valence-electron chi connectivity index (χ3n) is 4.56. The van der Waals surface area contributed by atoms with Crippen molar-refractivity contribution >= 4 is 35.2 Å². The van der Waals surface area contributed by atoms with Crippen LogP contribution in [0.3, 0.4) is 0 Å². The summed E-state index contributed by atoms with van der Waals surface area (Å²) in [5.41, 5.74) is 2.62. The smallest absolute Gasteiger partial charge is 0.230 e. The molecular weight excluding hydrogens is 399 g/mol. The number of nitrogens with zero attached hydrogens (tertiary/aromatic N) is 1. The molecule has 28 heavy (non-hydrogen) atoms. The molecule has 1 heterocycles. The van der Waals surface area contributed by atoms with Gasteiger partial charge in [-0.25, -0.2) is 4.39 Å². The first kappa shape index (κ1) is 20.7. The lowest BCUT2D eigenvalue weighted by Crippen LogP contribution is -2.25. The quantitative estimate of drug-likeness (QED) is 0.697. The SMILES string of the molecule is O=C(CSCc1ccc(Cl)cc1F)NCc1ccc(CN2CCCC2=O)cc1. The summed E-state index contributed by atoms with van der Waals surface area (Å²) in [4.78, 5) is 25.5. The Hall–Kier alpha value is -2.05. The van der Waals surface area contributed by atoms with Crippen molar-refractivity contribution in [2.24, 2.45) is 0 Å². The average Bonchev–Trinajstić information content (AvgIpc) is 3.07. The summed E-state index contributed by atoms with van der Waals surface area (Å²) in [5.74, 6) is 0.451. The molecule has 2 amide bonds. The van der Waals surface area contributed by atoms with E-state index in [0.717, 1.165) is 24.1 Å². The molecule has 1 aliphatic heterocycles. The molecule has 0 radical (unpaired) electrons. The second-order valence-corrected chi connectivity index (χ2v) is 8.16. The van der Waals surface area contributed by atoms with Crippen LogP contribution >= 0.6 is 23.4 Å². The zero-order chi connectivity index (χ0) is 19.9. The summed E-state index contributed by atoms with van der Waals surface area (Å²) in [6, 6.07) is 12.5. The average molecular weight is 421 g/mol. The largest absolute Gasteiger partial charge is 0.351 e. The molecule has 0 bridgehead atoms. The predicted octanol–water partition coefficient (Wildman–Crippen LogP) is 4.15. The van der Waals surface area contributed by atoms with E-state index in [1.807, 2.05) is 29.2 Å². The minimum atomic E-state index is -0.351. The fraction of sp³-hybridized carbons (Fsp3) is 0.333. The molecule has 0 saturated carbocycles. The second kappa shape index (κ2) is 9.94. The van der Waals surface area contributed by atoms with E-state index in [2.05, 4.69) is 5.32 Å². The minimum Gasteiger partial charge on any atom is -0.351 e. The van der Waals surface area contributed by atoms with Gasteiger partial charge in [0.2, 0.25) is 11.8 Å². The molecule has 4 nitrogen and oxygen atoms in total. The molecule has 0 unspecified atom stereocenters. The maximum absolute atomic E-state index is 13.7. The van der Waals surface area contributed by atoms with E-state index in [4.69, 9.17) is 11.6 Å². The molecule has 0 aliphatic carbocycles. The van der Waals surface area contributed by atoms with Gasteiger partial charge in [-0.2, -0.15) is 0 Å². The van der Waals surface area contributed by atoms with Crippen LogP contribution in [0.15, 0.2) is 42.5 Å². The van der Waals surface area contributed by atoms with E-state index >= 15 is 0 Å². The third-order valence-corrected chi connectivity index (χ3v) is 5.78. The van der Waals surface area contributed by atoms with Crippen molar-refractivity contribution in [3.63, 3.8) is 0 Å². The summed E-state index contributed by atoms with van der Waals surface area (Å²) in [7, 11) is 0. The Morgan fingerprint density at radius 1 is 1.18 bits per heavy atom. The van der Waals surface area contributed by atoms with Crippen molar-refractivity contribution < 1.29 is 14.0 Å². The van der Waals surface area contributed by atoms with Gasteiger partial charge in [0, 0.05) is 36.8 Å². The highest BCUT2D eigenvalue weighted by atomic mass is 35.5. The Morgan fingerprint density at radius 2 is 1.93 bits per heavy atom. The van der Waals surface area contributed by atoms with E-state index in [9.17, 15) is 14.0 Å². The minimum absolute atomic E-state index is 0.0916.